The number of carbonyl (C=O) groups excluding carboxylic acids is 3. The Kier molecular flexibility index (Phi) is 11.1. The van der Waals surface area contributed by atoms with Crippen LogP contribution in [0.1, 0.15) is 72.2 Å². The maximum absolute atomic E-state index is 13.0. The van der Waals surface area contributed by atoms with Gasteiger partial charge in [-0.1, -0.05) is 91.6 Å². The number of oxime groups is 1. The van der Waals surface area contributed by atoms with Gasteiger partial charge in [-0.25, -0.2) is 4.79 Å². The normalized spacial score (nSPS) is 11.5. The van der Waals surface area contributed by atoms with Crippen molar-refractivity contribution in [2.45, 2.75) is 55.7 Å². The van der Waals surface area contributed by atoms with E-state index in [9.17, 15) is 14.4 Å². The van der Waals surface area contributed by atoms with Crippen LogP contribution in [0.5, 0.6) is 0 Å². The van der Waals surface area contributed by atoms with Gasteiger partial charge in [-0.2, -0.15) is 0 Å². The highest BCUT2D eigenvalue weighted by molar-refractivity contribution is 7.99. The summed E-state index contributed by atoms with van der Waals surface area (Å²) < 4.78 is 0. The van der Waals surface area contributed by atoms with E-state index in [1.165, 1.54) is 6.92 Å². The zero-order valence-electron chi connectivity index (χ0n) is 21.2. The highest BCUT2D eigenvalue weighted by Gasteiger charge is 2.16. The van der Waals surface area contributed by atoms with Gasteiger partial charge in [0.05, 0.1) is 0 Å². The number of rotatable bonds is 13. The fraction of sp³-hybridized carbons (Fsp3) is 0.226. The van der Waals surface area contributed by atoms with E-state index in [1.54, 1.807) is 48.2 Å². The van der Waals surface area contributed by atoms with Crippen LogP contribution < -0.4 is 0 Å². The molecule has 0 atom stereocenters. The molecule has 3 aromatic carbocycles. The number of benzene rings is 3. The van der Waals surface area contributed by atoms with Crippen molar-refractivity contribution >= 4 is 41.1 Å². The Morgan fingerprint density at radius 1 is 0.811 bits per heavy atom. The second-order valence-corrected chi connectivity index (χ2v) is 9.67. The molecule has 0 spiro atoms. The number of carbonyl (C=O) groups is 3. The van der Waals surface area contributed by atoms with Crippen molar-refractivity contribution < 1.29 is 19.2 Å². The maximum atomic E-state index is 13.0. The molecule has 0 bridgehead atoms. The minimum absolute atomic E-state index is 0.0318. The summed E-state index contributed by atoms with van der Waals surface area (Å²) in [6.45, 7) is 3.39. The van der Waals surface area contributed by atoms with Gasteiger partial charge in [0.1, 0.15) is 5.71 Å². The van der Waals surface area contributed by atoms with Crippen molar-refractivity contribution in [3.63, 3.8) is 0 Å². The fourth-order valence-electron chi connectivity index (χ4n) is 3.53. The molecule has 0 saturated heterocycles. The van der Waals surface area contributed by atoms with Gasteiger partial charge in [-0.3, -0.25) is 9.59 Å². The average molecular weight is 514 g/mol. The molecule has 0 aliphatic carbocycles. The summed E-state index contributed by atoms with van der Waals surface area (Å²) in [4.78, 5) is 43.2. The number of hydrogen-bond donors (Lipinski definition) is 0. The van der Waals surface area contributed by atoms with Gasteiger partial charge in [0.2, 0.25) is 5.78 Å². The third-order valence-electron chi connectivity index (χ3n) is 5.53. The van der Waals surface area contributed by atoms with E-state index in [0.717, 1.165) is 41.0 Å². The monoisotopic (exact) mass is 513 g/mol. The minimum atomic E-state index is -0.546. The zero-order valence-corrected chi connectivity index (χ0v) is 22.0. The molecule has 3 aromatic rings. The predicted molar refractivity (Wildman–Crippen MR) is 149 cm³/mol. The molecule has 0 unspecified atom stereocenters. The van der Waals surface area contributed by atoms with Crippen molar-refractivity contribution in [3.05, 3.63) is 102 Å². The molecule has 0 N–H and O–H groups in total. The molecule has 0 amide bonds. The lowest BCUT2D eigenvalue weighted by Crippen LogP contribution is -2.16. The largest absolute Gasteiger partial charge is 0.331 e. The highest BCUT2D eigenvalue weighted by Crippen LogP contribution is 2.28. The first-order chi connectivity index (χ1) is 18.0. The highest BCUT2D eigenvalue weighted by atomic mass is 32.2. The lowest BCUT2D eigenvalue weighted by Gasteiger charge is -2.07. The summed E-state index contributed by atoms with van der Waals surface area (Å²) in [5.41, 5.74) is 2.37. The summed E-state index contributed by atoms with van der Waals surface area (Å²) in [5, 5.41) is 3.82. The molecular formula is C31H31NO4S. The van der Waals surface area contributed by atoms with Crippen molar-refractivity contribution in [2.75, 3.05) is 0 Å². The Labute approximate surface area is 222 Å². The Morgan fingerprint density at radius 2 is 1.46 bits per heavy atom. The molecule has 3 rings (SSSR count). The summed E-state index contributed by atoms with van der Waals surface area (Å²) >= 11 is 1.58. The summed E-state index contributed by atoms with van der Waals surface area (Å²) in [6.07, 6.45) is 7.86. The van der Waals surface area contributed by atoms with Gasteiger partial charge in [0.15, 0.2) is 5.78 Å². The van der Waals surface area contributed by atoms with Gasteiger partial charge in [-0.15, -0.1) is 0 Å². The Balaban J connectivity index is 1.60. The number of allylic oxidation sites excluding steroid dienone is 1. The Hall–Kier alpha value is -3.77. The number of unbranched alkanes of at least 4 members (excludes halogenated alkanes) is 3. The average Bonchev–Trinajstić information content (AvgIpc) is 2.92. The molecule has 5 nitrogen and oxygen atoms in total. The molecule has 0 fully saturated rings. The topological polar surface area (TPSA) is 72.8 Å². The second-order valence-electron chi connectivity index (χ2n) is 8.52. The van der Waals surface area contributed by atoms with E-state index in [1.807, 2.05) is 54.6 Å². The molecule has 0 aliphatic heterocycles. The van der Waals surface area contributed by atoms with Gasteiger partial charge >= 0.3 is 5.97 Å². The molecular weight excluding hydrogens is 482 g/mol. The first-order valence-electron chi connectivity index (χ1n) is 12.4. The molecule has 190 valence electrons. The van der Waals surface area contributed by atoms with Gasteiger partial charge < -0.3 is 4.84 Å². The third kappa shape index (κ3) is 9.32. The number of Topliss-reactive ketones (excluding diaryl/α,β-unsaturated/α-hetero) is 1. The van der Waals surface area contributed by atoms with Gasteiger partial charge in [0, 0.05) is 27.8 Å². The molecule has 6 heteroatoms. The van der Waals surface area contributed by atoms with E-state index in [2.05, 4.69) is 12.1 Å². The van der Waals surface area contributed by atoms with Crippen LogP contribution in [0.15, 0.2) is 99.9 Å². The lowest BCUT2D eigenvalue weighted by molar-refractivity contribution is -0.140. The van der Waals surface area contributed by atoms with Crippen molar-refractivity contribution in [3.8, 4) is 0 Å². The predicted octanol–water partition coefficient (Wildman–Crippen LogP) is 7.81. The van der Waals surface area contributed by atoms with Crippen LogP contribution in [0.2, 0.25) is 0 Å². The number of hydrogen-bond acceptors (Lipinski definition) is 6. The van der Waals surface area contributed by atoms with Gasteiger partial charge in [-0.05, 0) is 60.9 Å². The summed E-state index contributed by atoms with van der Waals surface area (Å²) in [5.74, 6) is -0.805. The van der Waals surface area contributed by atoms with Crippen LogP contribution >= 0.6 is 11.8 Å². The maximum Gasteiger partial charge on any atom is 0.331 e. The van der Waals surface area contributed by atoms with Crippen molar-refractivity contribution in [2.24, 2.45) is 5.16 Å². The number of ketones is 2. The van der Waals surface area contributed by atoms with Crippen LogP contribution in [0.4, 0.5) is 0 Å². The summed E-state index contributed by atoms with van der Waals surface area (Å²) in [6, 6.07) is 24.4. The standard InChI is InChI=1S/C31H31NO4S/c1-3-4-5-9-12-29(32-36-23(2)33)31(35)26-16-20-28(21-17-26)37-27-18-13-24(14-19-27)15-22-30(34)25-10-7-6-8-11-25/h6-8,10-11,13-22H,3-5,9,12H2,1-2H3. The van der Waals surface area contributed by atoms with Crippen LogP contribution in [0.3, 0.4) is 0 Å². The summed E-state index contributed by atoms with van der Waals surface area (Å²) in [7, 11) is 0. The van der Waals surface area contributed by atoms with E-state index < -0.39 is 5.97 Å². The molecule has 0 aliphatic rings. The van der Waals surface area contributed by atoms with Crippen LogP contribution in [0.25, 0.3) is 6.08 Å². The third-order valence-corrected chi connectivity index (χ3v) is 6.55. The second kappa shape index (κ2) is 14.7. The molecule has 37 heavy (non-hydrogen) atoms. The first-order valence-corrected chi connectivity index (χ1v) is 13.2. The fourth-order valence-corrected chi connectivity index (χ4v) is 4.35. The first kappa shape index (κ1) is 27.8. The molecule has 0 aromatic heterocycles. The van der Waals surface area contributed by atoms with Crippen molar-refractivity contribution in [1.82, 2.24) is 0 Å². The molecule has 0 saturated carbocycles. The zero-order chi connectivity index (χ0) is 26.5. The van der Waals surface area contributed by atoms with Crippen LogP contribution in [-0.4, -0.2) is 23.2 Å². The van der Waals surface area contributed by atoms with Crippen LogP contribution in [0, 0.1) is 0 Å². The van der Waals surface area contributed by atoms with Crippen LogP contribution in [-0.2, 0) is 9.63 Å². The van der Waals surface area contributed by atoms with E-state index in [0.29, 0.717) is 17.5 Å². The van der Waals surface area contributed by atoms with E-state index in [-0.39, 0.29) is 17.3 Å². The Morgan fingerprint density at radius 3 is 2.08 bits per heavy atom. The van der Waals surface area contributed by atoms with Crippen molar-refractivity contribution in [1.29, 1.82) is 0 Å². The Bertz CT molecular complexity index is 1250. The smallest absolute Gasteiger partial charge is 0.318 e. The quantitative estimate of drug-likeness (QED) is 0.0582. The SMILES string of the molecule is CCCCCCC(=NOC(C)=O)C(=O)c1ccc(Sc2ccc(C=CC(=O)c3ccccc3)cc2)cc1. The van der Waals surface area contributed by atoms with Gasteiger partial charge in [0.25, 0.3) is 0 Å². The van der Waals surface area contributed by atoms with E-state index >= 15 is 0 Å². The van der Waals surface area contributed by atoms with E-state index in [4.69, 9.17) is 4.84 Å². The lowest BCUT2D eigenvalue weighted by atomic mass is 10.0. The molecule has 0 heterocycles. The minimum Gasteiger partial charge on any atom is -0.318 e. The molecule has 0 radical (unpaired) electrons. The number of nitrogens with zero attached hydrogens (tertiary/aromatic N) is 1.